The number of aliphatic hydroxyl groups is 1. The van der Waals surface area contributed by atoms with Crippen LogP contribution in [-0.4, -0.2) is 68.5 Å². The van der Waals surface area contributed by atoms with Gasteiger partial charge in [-0.3, -0.25) is 9.36 Å². The quantitative estimate of drug-likeness (QED) is 0.0347. The second-order valence-electron chi connectivity index (χ2n) is 12.8. The SMILES string of the molecule is CC/C=C\C/C=C\C/C=C\CCCCCCCC(=O)NC(COP(=O)([O-])OCC[N+](C)(C)C)C(O)/C=C/CC/C=C/CCCCC. The number of carbonyl (C=O) groups excluding carboxylic acids is 1. The number of likely N-dealkylation sites (N-methyl/N-ethyl adjacent to an activating group) is 1. The van der Waals surface area contributed by atoms with E-state index in [0.29, 0.717) is 17.4 Å². The van der Waals surface area contributed by atoms with E-state index in [0.717, 1.165) is 77.0 Å². The van der Waals surface area contributed by atoms with Gasteiger partial charge in [-0.25, -0.2) is 0 Å². The molecule has 0 saturated heterocycles. The van der Waals surface area contributed by atoms with Gasteiger partial charge in [-0.05, 0) is 64.2 Å². The van der Waals surface area contributed by atoms with Gasteiger partial charge >= 0.3 is 0 Å². The second-order valence-corrected chi connectivity index (χ2v) is 14.2. The van der Waals surface area contributed by atoms with Gasteiger partial charge in [-0.15, -0.1) is 0 Å². The number of hydrogen-bond donors (Lipinski definition) is 2. The minimum atomic E-state index is -4.59. The van der Waals surface area contributed by atoms with E-state index in [4.69, 9.17) is 9.05 Å². The first-order valence-corrected chi connectivity index (χ1v) is 19.1. The second kappa shape index (κ2) is 29.3. The Labute approximate surface area is 281 Å². The van der Waals surface area contributed by atoms with Crippen LogP contribution in [0.25, 0.3) is 0 Å². The number of rotatable bonds is 30. The van der Waals surface area contributed by atoms with Crippen molar-refractivity contribution in [3.05, 3.63) is 60.8 Å². The van der Waals surface area contributed by atoms with Crippen molar-refractivity contribution in [1.82, 2.24) is 5.32 Å². The number of amides is 1. The summed E-state index contributed by atoms with van der Waals surface area (Å²) in [5, 5.41) is 13.6. The molecule has 8 nitrogen and oxygen atoms in total. The van der Waals surface area contributed by atoms with Crippen LogP contribution in [0.3, 0.4) is 0 Å². The van der Waals surface area contributed by atoms with Gasteiger partial charge in [0.15, 0.2) is 0 Å². The maximum atomic E-state index is 12.7. The molecule has 9 heteroatoms. The summed E-state index contributed by atoms with van der Waals surface area (Å²) < 4.78 is 23.0. The molecule has 0 bridgehead atoms. The fourth-order valence-electron chi connectivity index (χ4n) is 4.35. The Morgan fingerprint density at radius 1 is 0.783 bits per heavy atom. The number of aliphatic hydroxyl groups excluding tert-OH is 1. The minimum absolute atomic E-state index is 0.0133. The molecule has 2 N–H and O–H groups in total. The Morgan fingerprint density at radius 3 is 2.02 bits per heavy atom. The van der Waals surface area contributed by atoms with Crippen molar-refractivity contribution in [1.29, 1.82) is 0 Å². The van der Waals surface area contributed by atoms with Gasteiger partial charge in [-0.1, -0.05) is 107 Å². The predicted octanol–water partition coefficient (Wildman–Crippen LogP) is 8.10. The van der Waals surface area contributed by atoms with Crippen LogP contribution < -0.4 is 10.2 Å². The Bertz CT molecular complexity index is 939. The molecular weight excluding hydrogens is 599 g/mol. The predicted molar refractivity (Wildman–Crippen MR) is 191 cm³/mol. The van der Waals surface area contributed by atoms with Gasteiger partial charge in [0.2, 0.25) is 5.91 Å². The lowest BCUT2D eigenvalue weighted by Gasteiger charge is -2.29. The molecule has 0 rings (SSSR count). The third kappa shape index (κ3) is 30.8. The van der Waals surface area contributed by atoms with Crippen LogP contribution in [0.1, 0.15) is 117 Å². The Hall–Kier alpha value is -1.80. The zero-order valence-electron chi connectivity index (χ0n) is 29.7. The molecule has 1 amide bonds. The van der Waals surface area contributed by atoms with Crippen molar-refractivity contribution in [3.8, 4) is 0 Å². The smallest absolute Gasteiger partial charge is 0.268 e. The lowest BCUT2D eigenvalue weighted by Crippen LogP contribution is -2.45. The van der Waals surface area contributed by atoms with Crippen molar-refractivity contribution in [2.24, 2.45) is 0 Å². The molecule has 46 heavy (non-hydrogen) atoms. The Balaban J connectivity index is 4.61. The molecule has 3 atom stereocenters. The van der Waals surface area contributed by atoms with Crippen molar-refractivity contribution < 1.29 is 32.9 Å². The van der Waals surface area contributed by atoms with E-state index in [1.54, 1.807) is 6.08 Å². The number of nitrogens with one attached hydrogen (secondary N) is 1. The van der Waals surface area contributed by atoms with Crippen LogP contribution in [0, 0.1) is 0 Å². The summed E-state index contributed by atoms with van der Waals surface area (Å²) in [5.74, 6) is -0.232. The standard InChI is InChI=1S/C37H67N2O6P/c1-6-8-10-12-14-16-17-18-19-20-21-23-25-27-29-31-37(41)38-35(34-45-46(42,43)44-33-32-39(3,4)5)36(40)30-28-26-24-22-15-13-11-9-7-2/h8,10,14-16,18-19,22,28,30,35-36,40H,6-7,9,11-13,17,20-21,23-27,29,31-34H2,1-5H3,(H-,38,41,42,43)/b10-8-,16-14-,19-18-,22-15+,30-28+. The zero-order valence-corrected chi connectivity index (χ0v) is 30.6. The lowest BCUT2D eigenvalue weighted by atomic mass is 10.1. The van der Waals surface area contributed by atoms with Gasteiger partial charge in [-0.2, -0.15) is 0 Å². The molecule has 0 aromatic heterocycles. The van der Waals surface area contributed by atoms with Crippen LogP contribution in [-0.2, 0) is 18.4 Å². The highest BCUT2D eigenvalue weighted by Gasteiger charge is 2.23. The van der Waals surface area contributed by atoms with Gasteiger partial charge in [0.1, 0.15) is 13.2 Å². The number of nitrogens with zero attached hydrogens (tertiary/aromatic N) is 1. The minimum Gasteiger partial charge on any atom is -0.756 e. The van der Waals surface area contributed by atoms with E-state index in [1.807, 2.05) is 27.2 Å². The maximum absolute atomic E-state index is 12.7. The summed E-state index contributed by atoms with van der Waals surface area (Å²) >= 11 is 0. The first kappa shape index (κ1) is 44.2. The summed E-state index contributed by atoms with van der Waals surface area (Å²) in [7, 11) is 1.21. The normalized spacial score (nSPS) is 15.5. The number of unbranched alkanes of at least 4 members (excludes halogenated alkanes) is 9. The fourth-order valence-corrected chi connectivity index (χ4v) is 5.08. The Kier molecular flexibility index (Phi) is 28.2. The summed E-state index contributed by atoms with van der Waals surface area (Å²) in [6.45, 7) is 4.39. The van der Waals surface area contributed by atoms with Crippen molar-refractivity contribution >= 4 is 13.7 Å². The first-order valence-electron chi connectivity index (χ1n) is 17.7. The van der Waals surface area contributed by atoms with Gasteiger partial charge < -0.3 is 28.8 Å². The van der Waals surface area contributed by atoms with E-state index in [9.17, 15) is 19.4 Å². The molecule has 0 aromatic rings. The van der Waals surface area contributed by atoms with Crippen LogP contribution in [0.15, 0.2) is 60.8 Å². The Morgan fingerprint density at radius 2 is 1.35 bits per heavy atom. The van der Waals surface area contributed by atoms with Crippen molar-refractivity contribution in [2.45, 2.75) is 129 Å². The highest BCUT2D eigenvalue weighted by Crippen LogP contribution is 2.38. The summed E-state index contributed by atoms with van der Waals surface area (Å²) in [5.41, 5.74) is 0. The van der Waals surface area contributed by atoms with Crippen LogP contribution in [0.4, 0.5) is 0 Å². The lowest BCUT2D eigenvalue weighted by molar-refractivity contribution is -0.870. The van der Waals surface area contributed by atoms with Gasteiger partial charge in [0, 0.05) is 6.42 Å². The molecule has 0 aromatic carbocycles. The molecule has 0 spiro atoms. The number of allylic oxidation sites excluding steroid dienone is 9. The number of quaternary nitrogens is 1. The molecule has 0 aliphatic heterocycles. The van der Waals surface area contributed by atoms with Crippen LogP contribution in [0.5, 0.6) is 0 Å². The molecule has 266 valence electrons. The van der Waals surface area contributed by atoms with E-state index >= 15 is 0 Å². The third-order valence-electron chi connectivity index (χ3n) is 7.21. The van der Waals surface area contributed by atoms with Crippen LogP contribution in [0.2, 0.25) is 0 Å². The van der Waals surface area contributed by atoms with E-state index in [-0.39, 0.29) is 12.5 Å². The molecule has 0 aliphatic rings. The summed E-state index contributed by atoms with van der Waals surface area (Å²) in [6, 6.07) is -0.910. The summed E-state index contributed by atoms with van der Waals surface area (Å²) in [6.07, 6.45) is 35.6. The van der Waals surface area contributed by atoms with Crippen molar-refractivity contribution in [2.75, 3.05) is 40.9 Å². The molecule has 0 radical (unpaired) electrons. The van der Waals surface area contributed by atoms with E-state index < -0.39 is 26.6 Å². The summed E-state index contributed by atoms with van der Waals surface area (Å²) in [4.78, 5) is 25.0. The molecule has 0 fully saturated rings. The number of carbonyl (C=O) groups is 1. The fraction of sp³-hybridized carbons (Fsp3) is 0.703. The third-order valence-corrected chi connectivity index (χ3v) is 8.18. The van der Waals surface area contributed by atoms with Gasteiger partial charge in [0.25, 0.3) is 7.82 Å². The average Bonchev–Trinajstić information content (AvgIpc) is 2.99. The average molecular weight is 667 g/mol. The maximum Gasteiger partial charge on any atom is 0.268 e. The molecule has 0 heterocycles. The van der Waals surface area contributed by atoms with E-state index in [2.05, 4.69) is 67.8 Å². The monoisotopic (exact) mass is 666 g/mol. The van der Waals surface area contributed by atoms with Gasteiger partial charge in [0.05, 0.1) is 39.9 Å². The zero-order chi connectivity index (χ0) is 34.4. The van der Waals surface area contributed by atoms with Crippen molar-refractivity contribution in [3.63, 3.8) is 0 Å². The topological polar surface area (TPSA) is 108 Å². The highest BCUT2D eigenvalue weighted by molar-refractivity contribution is 7.45. The molecular formula is C37H67N2O6P. The first-order chi connectivity index (χ1) is 22.0. The van der Waals surface area contributed by atoms with E-state index in [1.165, 1.54) is 19.3 Å². The number of phosphoric acid groups is 1. The highest BCUT2D eigenvalue weighted by atomic mass is 31.2. The van der Waals surface area contributed by atoms with Crippen LogP contribution >= 0.6 is 7.82 Å². The molecule has 3 unspecified atom stereocenters. The largest absolute Gasteiger partial charge is 0.756 e. The molecule has 0 saturated carbocycles. The number of phosphoric ester groups is 1. The number of hydrogen-bond acceptors (Lipinski definition) is 6. The molecule has 0 aliphatic carbocycles.